The molecule has 0 unspecified atom stereocenters. The Labute approximate surface area is 96.1 Å². The molecule has 1 aliphatic carbocycles. The number of aliphatic hydroxyl groups is 1. The van der Waals surface area contributed by atoms with Gasteiger partial charge >= 0.3 is 0 Å². The van der Waals surface area contributed by atoms with Crippen molar-refractivity contribution in [3.8, 4) is 0 Å². The van der Waals surface area contributed by atoms with Gasteiger partial charge in [-0.3, -0.25) is 4.79 Å². The maximum atomic E-state index is 11.7. The van der Waals surface area contributed by atoms with Gasteiger partial charge in [-0.25, -0.2) is 8.42 Å². The Kier molecular flexibility index (Phi) is 3.64. The Morgan fingerprint density at radius 3 is 2.31 bits per heavy atom. The number of sulfone groups is 1. The summed E-state index contributed by atoms with van der Waals surface area (Å²) in [6, 6.07) is 0. The van der Waals surface area contributed by atoms with Gasteiger partial charge in [0.15, 0.2) is 9.84 Å². The van der Waals surface area contributed by atoms with Crippen molar-refractivity contribution in [2.75, 3.05) is 12.8 Å². The van der Waals surface area contributed by atoms with E-state index in [2.05, 4.69) is 5.32 Å². The molecule has 0 atom stereocenters. The van der Waals surface area contributed by atoms with Crippen LogP contribution in [0.25, 0.3) is 0 Å². The fourth-order valence-electron chi connectivity index (χ4n) is 1.49. The normalized spacial score (nSPS) is 26.0. The molecule has 1 aliphatic rings. The SMILES string of the molecule is CC(C)(C(=O)NCC1CC(O)C1)S(C)(=O)=O. The summed E-state index contributed by atoms with van der Waals surface area (Å²) in [6.45, 7) is 3.23. The average Bonchev–Trinajstić information content (AvgIpc) is 2.07. The van der Waals surface area contributed by atoms with E-state index in [1.807, 2.05) is 0 Å². The molecular formula is C10H19NO4S. The van der Waals surface area contributed by atoms with Crippen molar-refractivity contribution in [3.63, 3.8) is 0 Å². The van der Waals surface area contributed by atoms with E-state index >= 15 is 0 Å². The van der Waals surface area contributed by atoms with E-state index < -0.39 is 20.5 Å². The summed E-state index contributed by atoms with van der Waals surface area (Å²) < 4.78 is 21.4. The molecule has 0 aromatic heterocycles. The van der Waals surface area contributed by atoms with E-state index in [1.165, 1.54) is 13.8 Å². The minimum Gasteiger partial charge on any atom is -0.393 e. The summed E-state index contributed by atoms with van der Waals surface area (Å²) >= 11 is 0. The third kappa shape index (κ3) is 2.74. The summed E-state index contributed by atoms with van der Waals surface area (Å²) in [5.74, 6) is -0.203. The number of aliphatic hydroxyl groups excluding tert-OH is 1. The number of rotatable bonds is 4. The molecule has 6 heteroatoms. The predicted octanol–water partition coefficient (Wildman–Crippen LogP) is -0.303. The first-order valence-electron chi connectivity index (χ1n) is 5.30. The molecule has 0 aromatic rings. The first-order chi connectivity index (χ1) is 7.14. The average molecular weight is 249 g/mol. The Bertz CT molecular complexity index is 368. The van der Waals surface area contributed by atoms with Crippen LogP contribution in [-0.2, 0) is 14.6 Å². The van der Waals surface area contributed by atoms with Gasteiger partial charge in [-0.05, 0) is 32.6 Å². The first kappa shape index (κ1) is 13.4. The molecule has 0 spiro atoms. The highest BCUT2D eigenvalue weighted by molar-refractivity contribution is 7.92. The van der Waals surface area contributed by atoms with Crippen molar-refractivity contribution in [1.29, 1.82) is 0 Å². The zero-order valence-electron chi connectivity index (χ0n) is 9.86. The molecule has 2 N–H and O–H groups in total. The second kappa shape index (κ2) is 4.33. The molecule has 0 aromatic carbocycles. The third-order valence-corrected chi connectivity index (χ3v) is 5.28. The molecular weight excluding hydrogens is 230 g/mol. The van der Waals surface area contributed by atoms with Gasteiger partial charge < -0.3 is 10.4 Å². The predicted molar refractivity (Wildman–Crippen MR) is 60.7 cm³/mol. The van der Waals surface area contributed by atoms with E-state index in [-0.39, 0.29) is 12.0 Å². The fraction of sp³-hybridized carbons (Fsp3) is 0.900. The summed E-state index contributed by atoms with van der Waals surface area (Å²) in [7, 11) is -3.41. The van der Waals surface area contributed by atoms with Crippen LogP contribution in [0.3, 0.4) is 0 Å². The second-order valence-corrected chi connectivity index (χ2v) is 7.55. The van der Waals surface area contributed by atoms with Crippen LogP contribution in [-0.4, -0.2) is 43.1 Å². The molecule has 0 heterocycles. The van der Waals surface area contributed by atoms with Crippen LogP contribution in [0.4, 0.5) is 0 Å². The molecule has 94 valence electrons. The number of nitrogens with one attached hydrogen (secondary N) is 1. The lowest BCUT2D eigenvalue weighted by molar-refractivity contribution is -0.123. The highest BCUT2D eigenvalue weighted by atomic mass is 32.2. The summed E-state index contributed by atoms with van der Waals surface area (Å²) in [6.07, 6.45) is 2.16. The Morgan fingerprint density at radius 1 is 1.44 bits per heavy atom. The molecule has 0 aliphatic heterocycles. The van der Waals surface area contributed by atoms with E-state index in [4.69, 9.17) is 5.11 Å². The van der Waals surface area contributed by atoms with Crippen molar-refractivity contribution >= 4 is 15.7 Å². The molecule has 1 amide bonds. The van der Waals surface area contributed by atoms with Gasteiger partial charge in [0.2, 0.25) is 5.91 Å². The standard InChI is InChI=1S/C10H19NO4S/c1-10(2,16(3,14)15)9(13)11-6-7-4-8(12)5-7/h7-8,12H,4-6H2,1-3H3,(H,11,13). The first-order valence-corrected chi connectivity index (χ1v) is 7.19. The summed E-state index contributed by atoms with van der Waals surface area (Å²) in [5, 5.41) is 11.7. The second-order valence-electron chi connectivity index (χ2n) is 4.98. The molecule has 0 radical (unpaired) electrons. The monoisotopic (exact) mass is 249 g/mol. The third-order valence-electron chi connectivity index (χ3n) is 3.24. The van der Waals surface area contributed by atoms with E-state index in [1.54, 1.807) is 0 Å². The largest absolute Gasteiger partial charge is 0.393 e. The van der Waals surface area contributed by atoms with Crippen molar-refractivity contribution in [2.45, 2.75) is 37.5 Å². The zero-order valence-corrected chi connectivity index (χ0v) is 10.7. The van der Waals surface area contributed by atoms with Gasteiger partial charge in [0, 0.05) is 12.8 Å². The van der Waals surface area contributed by atoms with Crippen LogP contribution in [0.15, 0.2) is 0 Å². The van der Waals surface area contributed by atoms with Crippen LogP contribution < -0.4 is 5.32 Å². The topological polar surface area (TPSA) is 83.5 Å². The molecule has 0 saturated heterocycles. The highest BCUT2D eigenvalue weighted by Gasteiger charge is 2.39. The van der Waals surface area contributed by atoms with Crippen LogP contribution in [0.5, 0.6) is 0 Å². The Balaban J connectivity index is 2.46. The van der Waals surface area contributed by atoms with Crippen molar-refractivity contribution in [3.05, 3.63) is 0 Å². The summed E-state index contributed by atoms with van der Waals surface area (Å²) in [5.41, 5.74) is 0. The van der Waals surface area contributed by atoms with Crippen LogP contribution >= 0.6 is 0 Å². The number of carbonyl (C=O) groups is 1. The lowest BCUT2D eigenvalue weighted by atomic mass is 9.82. The fourth-order valence-corrected chi connectivity index (χ4v) is 1.89. The molecule has 1 fully saturated rings. The van der Waals surface area contributed by atoms with E-state index in [9.17, 15) is 13.2 Å². The molecule has 1 saturated carbocycles. The molecule has 5 nitrogen and oxygen atoms in total. The molecule has 16 heavy (non-hydrogen) atoms. The minimum absolute atomic E-state index is 0.259. The number of amides is 1. The van der Waals surface area contributed by atoms with Gasteiger partial charge in [-0.1, -0.05) is 0 Å². The van der Waals surface area contributed by atoms with E-state index in [0.717, 1.165) is 6.26 Å². The van der Waals surface area contributed by atoms with Gasteiger partial charge in [-0.2, -0.15) is 0 Å². The number of hydrogen-bond acceptors (Lipinski definition) is 4. The lowest BCUT2D eigenvalue weighted by Gasteiger charge is -2.32. The van der Waals surface area contributed by atoms with Crippen LogP contribution in [0.2, 0.25) is 0 Å². The summed E-state index contributed by atoms with van der Waals surface area (Å²) in [4.78, 5) is 11.7. The minimum atomic E-state index is -3.41. The molecule has 1 rings (SSSR count). The van der Waals surface area contributed by atoms with Gasteiger partial charge in [0.1, 0.15) is 4.75 Å². The number of carbonyl (C=O) groups excluding carboxylic acids is 1. The van der Waals surface area contributed by atoms with Gasteiger partial charge in [0.05, 0.1) is 6.10 Å². The van der Waals surface area contributed by atoms with Crippen molar-refractivity contribution < 1.29 is 18.3 Å². The lowest BCUT2D eigenvalue weighted by Crippen LogP contribution is -2.50. The Morgan fingerprint density at radius 2 is 1.94 bits per heavy atom. The quantitative estimate of drug-likeness (QED) is 0.716. The zero-order chi connectivity index (χ0) is 12.6. The molecule has 0 bridgehead atoms. The van der Waals surface area contributed by atoms with Crippen LogP contribution in [0, 0.1) is 5.92 Å². The smallest absolute Gasteiger partial charge is 0.240 e. The highest BCUT2D eigenvalue weighted by Crippen LogP contribution is 2.26. The maximum absolute atomic E-state index is 11.7. The van der Waals surface area contributed by atoms with E-state index in [0.29, 0.717) is 19.4 Å². The van der Waals surface area contributed by atoms with Crippen LogP contribution in [0.1, 0.15) is 26.7 Å². The van der Waals surface area contributed by atoms with Gasteiger partial charge in [0.25, 0.3) is 0 Å². The Hall–Kier alpha value is -0.620. The van der Waals surface area contributed by atoms with Crippen molar-refractivity contribution in [1.82, 2.24) is 5.32 Å². The number of hydrogen-bond donors (Lipinski definition) is 2. The van der Waals surface area contributed by atoms with Gasteiger partial charge in [-0.15, -0.1) is 0 Å². The van der Waals surface area contributed by atoms with Crippen molar-refractivity contribution in [2.24, 2.45) is 5.92 Å². The maximum Gasteiger partial charge on any atom is 0.240 e.